The first-order valence-corrected chi connectivity index (χ1v) is 9.91. The minimum atomic E-state index is 0.534. The highest BCUT2D eigenvalue weighted by Gasteiger charge is 2.11. The molecule has 0 saturated carbocycles. The fourth-order valence-corrected chi connectivity index (χ4v) is 3.49. The van der Waals surface area contributed by atoms with E-state index in [0.717, 1.165) is 35.6 Å². The topological polar surface area (TPSA) is 27.1 Å². The van der Waals surface area contributed by atoms with Gasteiger partial charge in [0, 0.05) is 6.42 Å². The third-order valence-corrected chi connectivity index (χ3v) is 5.07. The van der Waals surface area contributed by atoms with Crippen molar-refractivity contribution in [2.75, 3.05) is 6.61 Å². The molecule has 0 aliphatic rings. The molecule has 4 rings (SSSR count). The Hall–Kier alpha value is -3.07. The molecule has 0 spiro atoms. The highest BCUT2D eigenvalue weighted by molar-refractivity contribution is 5.76. The Morgan fingerprint density at radius 2 is 1.57 bits per heavy atom. The maximum Gasteiger partial charge on any atom is 0.119 e. The van der Waals surface area contributed by atoms with Crippen molar-refractivity contribution in [3.8, 4) is 5.75 Å². The lowest BCUT2D eigenvalue weighted by atomic mass is 10.0. The van der Waals surface area contributed by atoms with Crippen molar-refractivity contribution >= 4 is 11.0 Å². The van der Waals surface area contributed by atoms with E-state index in [2.05, 4.69) is 85.1 Å². The Bertz CT molecular complexity index is 1030. The number of fused-ring (bicyclic) bond motifs is 1. The van der Waals surface area contributed by atoms with Gasteiger partial charge < -0.3 is 9.30 Å². The SMILES string of the molecule is CC(C)c1ccc(OCCn2c(Cc3ccccc3)nc3ccccc32)cc1. The zero-order chi connectivity index (χ0) is 19.3. The zero-order valence-electron chi connectivity index (χ0n) is 16.5. The molecule has 142 valence electrons. The molecule has 28 heavy (non-hydrogen) atoms. The second kappa shape index (κ2) is 8.30. The second-order valence-electron chi connectivity index (χ2n) is 7.40. The fourth-order valence-electron chi connectivity index (χ4n) is 3.49. The van der Waals surface area contributed by atoms with Crippen LogP contribution in [0.25, 0.3) is 11.0 Å². The molecule has 0 fully saturated rings. The van der Waals surface area contributed by atoms with E-state index in [9.17, 15) is 0 Å². The lowest BCUT2D eigenvalue weighted by molar-refractivity contribution is 0.298. The molecule has 0 unspecified atom stereocenters. The van der Waals surface area contributed by atoms with E-state index in [4.69, 9.17) is 9.72 Å². The molecule has 0 bridgehead atoms. The summed E-state index contributed by atoms with van der Waals surface area (Å²) in [7, 11) is 0. The van der Waals surface area contributed by atoms with E-state index in [-0.39, 0.29) is 0 Å². The standard InChI is InChI=1S/C25H26N2O/c1-19(2)21-12-14-22(15-13-21)28-17-16-27-24-11-7-6-10-23(24)26-25(27)18-20-8-4-3-5-9-20/h3-15,19H,16-18H2,1-2H3. The van der Waals surface area contributed by atoms with Gasteiger partial charge in [-0.3, -0.25) is 0 Å². The Labute approximate surface area is 166 Å². The van der Waals surface area contributed by atoms with Crippen molar-refractivity contribution in [2.24, 2.45) is 0 Å². The van der Waals surface area contributed by atoms with Crippen molar-refractivity contribution < 1.29 is 4.74 Å². The van der Waals surface area contributed by atoms with E-state index < -0.39 is 0 Å². The number of ether oxygens (including phenoxy) is 1. The maximum atomic E-state index is 6.02. The van der Waals surface area contributed by atoms with Crippen LogP contribution in [0.3, 0.4) is 0 Å². The number of benzene rings is 3. The zero-order valence-corrected chi connectivity index (χ0v) is 16.5. The lowest BCUT2D eigenvalue weighted by Gasteiger charge is -2.12. The van der Waals surface area contributed by atoms with Crippen molar-refractivity contribution in [1.82, 2.24) is 9.55 Å². The number of hydrogen-bond donors (Lipinski definition) is 0. The summed E-state index contributed by atoms with van der Waals surface area (Å²) in [6.07, 6.45) is 0.818. The molecule has 1 heterocycles. The van der Waals surface area contributed by atoms with Gasteiger partial charge in [0.05, 0.1) is 17.6 Å². The predicted octanol–water partition coefficient (Wildman–Crippen LogP) is 5.83. The minimum Gasteiger partial charge on any atom is -0.492 e. The van der Waals surface area contributed by atoms with Gasteiger partial charge >= 0.3 is 0 Å². The summed E-state index contributed by atoms with van der Waals surface area (Å²) in [5, 5.41) is 0. The average molecular weight is 370 g/mol. The van der Waals surface area contributed by atoms with Gasteiger partial charge in [-0.2, -0.15) is 0 Å². The Morgan fingerprint density at radius 1 is 0.857 bits per heavy atom. The maximum absolute atomic E-state index is 6.02. The summed E-state index contributed by atoms with van der Waals surface area (Å²) >= 11 is 0. The number of aromatic nitrogens is 2. The summed E-state index contributed by atoms with van der Waals surface area (Å²) < 4.78 is 8.30. The molecular formula is C25H26N2O. The van der Waals surface area contributed by atoms with Crippen LogP contribution in [0.15, 0.2) is 78.9 Å². The molecule has 0 amide bonds. The van der Waals surface area contributed by atoms with Gasteiger partial charge in [-0.05, 0) is 41.3 Å². The van der Waals surface area contributed by atoms with Gasteiger partial charge in [0.2, 0.25) is 0 Å². The molecule has 3 heteroatoms. The van der Waals surface area contributed by atoms with Gasteiger partial charge in [-0.25, -0.2) is 4.98 Å². The van der Waals surface area contributed by atoms with Crippen LogP contribution < -0.4 is 4.74 Å². The first-order valence-electron chi connectivity index (χ1n) is 9.91. The molecule has 0 aliphatic heterocycles. The summed E-state index contributed by atoms with van der Waals surface area (Å²) in [5.41, 5.74) is 4.80. The predicted molar refractivity (Wildman–Crippen MR) is 115 cm³/mol. The van der Waals surface area contributed by atoms with Gasteiger partial charge in [0.25, 0.3) is 0 Å². The molecule has 4 aromatic rings. The van der Waals surface area contributed by atoms with Crippen LogP contribution in [-0.2, 0) is 13.0 Å². The summed E-state index contributed by atoms with van der Waals surface area (Å²) in [4.78, 5) is 4.87. The number of para-hydroxylation sites is 2. The molecule has 0 atom stereocenters. The smallest absolute Gasteiger partial charge is 0.119 e. The van der Waals surface area contributed by atoms with Crippen LogP contribution >= 0.6 is 0 Å². The first kappa shape index (κ1) is 18.3. The van der Waals surface area contributed by atoms with E-state index in [0.29, 0.717) is 12.5 Å². The summed E-state index contributed by atoms with van der Waals surface area (Å²) in [6, 6.07) is 27.2. The van der Waals surface area contributed by atoms with Crippen LogP contribution in [-0.4, -0.2) is 16.2 Å². The van der Waals surface area contributed by atoms with Gasteiger partial charge in [0.15, 0.2) is 0 Å². The first-order chi connectivity index (χ1) is 13.7. The highest BCUT2D eigenvalue weighted by atomic mass is 16.5. The molecule has 0 aliphatic carbocycles. The van der Waals surface area contributed by atoms with E-state index in [1.165, 1.54) is 11.1 Å². The van der Waals surface area contributed by atoms with Crippen LogP contribution in [0.2, 0.25) is 0 Å². The van der Waals surface area contributed by atoms with Gasteiger partial charge in [-0.1, -0.05) is 68.4 Å². The van der Waals surface area contributed by atoms with Gasteiger partial charge in [0.1, 0.15) is 18.2 Å². The molecule has 0 saturated heterocycles. The summed E-state index contributed by atoms with van der Waals surface area (Å²) in [5.74, 6) is 2.52. The molecule has 3 nitrogen and oxygen atoms in total. The van der Waals surface area contributed by atoms with E-state index >= 15 is 0 Å². The molecule has 1 aromatic heterocycles. The van der Waals surface area contributed by atoms with Crippen molar-refractivity contribution in [1.29, 1.82) is 0 Å². The monoisotopic (exact) mass is 370 g/mol. The third kappa shape index (κ3) is 4.09. The second-order valence-corrected chi connectivity index (χ2v) is 7.40. The van der Waals surface area contributed by atoms with Crippen molar-refractivity contribution in [3.63, 3.8) is 0 Å². The Morgan fingerprint density at radius 3 is 2.32 bits per heavy atom. The van der Waals surface area contributed by atoms with Crippen LogP contribution in [0.4, 0.5) is 0 Å². The van der Waals surface area contributed by atoms with E-state index in [1.54, 1.807) is 0 Å². The van der Waals surface area contributed by atoms with E-state index in [1.807, 2.05) is 12.1 Å². The van der Waals surface area contributed by atoms with Crippen LogP contribution in [0.1, 0.15) is 36.7 Å². The normalized spacial score (nSPS) is 11.2. The molecule has 0 N–H and O–H groups in total. The number of hydrogen-bond acceptors (Lipinski definition) is 2. The quantitative estimate of drug-likeness (QED) is 0.409. The largest absolute Gasteiger partial charge is 0.492 e. The highest BCUT2D eigenvalue weighted by Crippen LogP contribution is 2.20. The fraction of sp³-hybridized carbons (Fsp3) is 0.240. The van der Waals surface area contributed by atoms with Crippen LogP contribution in [0, 0.1) is 0 Å². The molecule has 0 radical (unpaired) electrons. The van der Waals surface area contributed by atoms with Gasteiger partial charge in [-0.15, -0.1) is 0 Å². The Balaban J connectivity index is 1.51. The molecular weight excluding hydrogens is 344 g/mol. The average Bonchev–Trinajstić information content (AvgIpc) is 3.06. The number of nitrogens with zero attached hydrogens (tertiary/aromatic N) is 2. The number of imidazole rings is 1. The Kier molecular flexibility index (Phi) is 5.43. The number of rotatable bonds is 7. The molecule has 3 aromatic carbocycles. The minimum absolute atomic E-state index is 0.534. The van der Waals surface area contributed by atoms with Crippen molar-refractivity contribution in [3.05, 3.63) is 95.8 Å². The third-order valence-electron chi connectivity index (χ3n) is 5.07. The van der Waals surface area contributed by atoms with Crippen molar-refractivity contribution in [2.45, 2.75) is 32.7 Å². The van der Waals surface area contributed by atoms with Crippen LogP contribution in [0.5, 0.6) is 5.75 Å². The summed E-state index contributed by atoms with van der Waals surface area (Å²) in [6.45, 7) is 5.79. The lowest BCUT2D eigenvalue weighted by Crippen LogP contribution is -2.11.